The Morgan fingerprint density at radius 2 is 1.93 bits per heavy atom. The number of rotatable bonds is 5. The number of fused-ring (bicyclic) bond motifs is 1. The maximum absolute atomic E-state index is 12.8. The van der Waals surface area contributed by atoms with Gasteiger partial charge in [0.15, 0.2) is 0 Å². The van der Waals surface area contributed by atoms with Gasteiger partial charge in [0.2, 0.25) is 11.8 Å². The number of thioether (sulfide) groups is 2. The zero-order valence-electron chi connectivity index (χ0n) is 16.7. The number of nitrogens with zero attached hydrogens (tertiary/aromatic N) is 2. The fourth-order valence-electron chi connectivity index (χ4n) is 3.66. The maximum atomic E-state index is 12.8. The summed E-state index contributed by atoms with van der Waals surface area (Å²) in [7, 11) is 0. The SMILES string of the molecule is CSc1cccc(NC(=O)CN2C(=O)CSc3ccc(C(=O)N4CCCC4)cc32)c1. The average molecular weight is 442 g/mol. The zero-order valence-corrected chi connectivity index (χ0v) is 18.4. The lowest BCUT2D eigenvalue weighted by molar-refractivity contribution is -0.120. The van der Waals surface area contributed by atoms with Gasteiger partial charge in [-0.2, -0.15) is 0 Å². The van der Waals surface area contributed by atoms with Crippen LogP contribution in [-0.4, -0.2) is 54.3 Å². The molecule has 1 saturated heterocycles. The van der Waals surface area contributed by atoms with Gasteiger partial charge in [-0.25, -0.2) is 0 Å². The number of nitrogens with one attached hydrogen (secondary N) is 1. The molecule has 1 fully saturated rings. The Kier molecular flexibility index (Phi) is 6.34. The Hall–Kier alpha value is -2.45. The molecule has 0 aliphatic carbocycles. The van der Waals surface area contributed by atoms with E-state index in [1.165, 1.54) is 16.7 Å². The normalized spacial score (nSPS) is 15.8. The molecule has 30 heavy (non-hydrogen) atoms. The lowest BCUT2D eigenvalue weighted by Crippen LogP contribution is -2.41. The lowest BCUT2D eigenvalue weighted by atomic mass is 10.1. The smallest absolute Gasteiger partial charge is 0.253 e. The molecule has 156 valence electrons. The predicted molar refractivity (Wildman–Crippen MR) is 122 cm³/mol. The van der Waals surface area contributed by atoms with Crippen molar-refractivity contribution < 1.29 is 14.4 Å². The molecule has 0 saturated carbocycles. The van der Waals surface area contributed by atoms with E-state index in [-0.39, 0.29) is 30.0 Å². The molecule has 0 spiro atoms. The second kappa shape index (κ2) is 9.14. The third-order valence-electron chi connectivity index (χ3n) is 5.20. The molecule has 0 aromatic heterocycles. The van der Waals surface area contributed by atoms with Crippen molar-refractivity contribution in [1.82, 2.24) is 4.90 Å². The number of carbonyl (C=O) groups excluding carboxylic acids is 3. The third kappa shape index (κ3) is 4.49. The van der Waals surface area contributed by atoms with Crippen LogP contribution in [0.3, 0.4) is 0 Å². The molecule has 4 rings (SSSR count). The summed E-state index contributed by atoms with van der Waals surface area (Å²) in [5.74, 6) is -0.139. The molecule has 0 unspecified atom stereocenters. The molecular weight excluding hydrogens is 418 g/mol. The Morgan fingerprint density at radius 3 is 2.70 bits per heavy atom. The number of amides is 3. The summed E-state index contributed by atoms with van der Waals surface area (Å²) < 4.78 is 0. The van der Waals surface area contributed by atoms with Crippen LogP contribution < -0.4 is 10.2 Å². The number of hydrogen-bond acceptors (Lipinski definition) is 5. The van der Waals surface area contributed by atoms with Gasteiger partial charge >= 0.3 is 0 Å². The van der Waals surface area contributed by atoms with E-state index in [2.05, 4.69) is 5.32 Å². The minimum absolute atomic E-state index is 0.0170. The van der Waals surface area contributed by atoms with E-state index in [9.17, 15) is 14.4 Å². The predicted octanol–water partition coefficient (Wildman–Crippen LogP) is 3.72. The van der Waals surface area contributed by atoms with Crippen LogP contribution in [0.4, 0.5) is 11.4 Å². The molecule has 3 amide bonds. The van der Waals surface area contributed by atoms with Gasteiger partial charge in [-0.05, 0) is 55.5 Å². The van der Waals surface area contributed by atoms with Crippen molar-refractivity contribution in [3.63, 3.8) is 0 Å². The summed E-state index contributed by atoms with van der Waals surface area (Å²) in [6.45, 7) is 1.45. The number of hydrogen-bond donors (Lipinski definition) is 1. The van der Waals surface area contributed by atoms with Gasteiger partial charge in [0, 0.05) is 34.1 Å². The van der Waals surface area contributed by atoms with Gasteiger partial charge in [-0.3, -0.25) is 14.4 Å². The van der Waals surface area contributed by atoms with Crippen LogP contribution in [0, 0.1) is 0 Å². The van der Waals surface area contributed by atoms with Crippen LogP contribution >= 0.6 is 23.5 Å². The monoisotopic (exact) mass is 441 g/mol. The molecule has 8 heteroatoms. The standard InChI is InChI=1S/C22H23N3O3S2/c1-29-17-6-4-5-16(12-17)23-20(26)13-25-18-11-15(22(28)24-9-2-3-10-24)7-8-19(18)30-14-21(25)27/h4-8,11-12H,2-3,9-10,13-14H2,1H3,(H,23,26). The van der Waals surface area contributed by atoms with Crippen LogP contribution in [0.1, 0.15) is 23.2 Å². The summed E-state index contributed by atoms with van der Waals surface area (Å²) in [6.07, 6.45) is 4.02. The van der Waals surface area contributed by atoms with Crippen LogP contribution in [-0.2, 0) is 9.59 Å². The summed E-state index contributed by atoms with van der Waals surface area (Å²) in [6, 6.07) is 13.0. The van der Waals surface area contributed by atoms with Crippen molar-refractivity contribution in [3.05, 3.63) is 48.0 Å². The minimum atomic E-state index is -0.268. The van der Waals surface area contributed by atoms with Gasteiger partial charge in [-0.1, -0.05) is 6.07 Å². The number of benzene rings is 2. The Bertz CT molecular complexity index is 989. The van der Waals surface area contributed by atoms with Gasteiger partial charge in [0.1, 0.15) is 6.54 Å². The van der Waals surface area contributed by atoms with E-state index in [1.807, 2.05) is 47.6 Å². The highest BCUT2D eigenvalue weighted by atomic mass is 32.2. The van der Waals surface area contributed by atoms with Crippen molar-refractivity contribution >= 4 is 52.6 Å². The molecule has 2 aromatic carbocycles. The van der Waals surface area contributed by atoms with Gasteiger partial charge < -0.3 is 15.1 Å². The quantitative estimate of drug-likeness (QED) is 0.716. The van der Waals surface area contributed by atoms with Crippen LogP contribution in [0.2, 0.25) is 0 Å². The van der Waals surface area contributed by atoms with Crippen molar-refractivity contribution in [2.45, 2.75) is 22.6 Å². The minimum Gasteiger partial charge on any atom is -0.339 e. The first kappa shape index (κ1) is 20.8. The summed E-state index contributed by atoms with van der Waals surface area (Å²) in [5, 5.41) is 2.87. The number of likely N-dealkylation sites (tertiary alicyclic amines) is 1. The first-order valence-electron chi connectivity index (χ1n) is 9.85. The molecule has 1 N–H and O–H groups in total. The van der Waals surface area contributed by atoms with E-state index >= 15 is 0 Å². The molecule has 2 aromatic rings. The first-order valence-corrected chi connectivity index (χ1v) is 12.1. The molecule has 2 aliphatic heterocycles. The van der Waals surface area contributed by atoms with E-state index in [0.717, 1.165) is 35.7 Å². The van der Waals surface area contributed by atoms with E-state index < -0.39 is 0 Å². The van der Waals surface area contributed by atoms with Crippen LogP contribution in [0.5, 0.6) is 0 Å². The van der Waals surface area contributed by atoms with Crippen molar-refractivity contribution in [2.24, 2.45) is 0 Å². The number of carbonyl (C=O) groups is 3. The summed E-state index contributed by atoms with van der Waals surface area (Å²) in [5.41, 5.74) is 1.89. The molecule has 0 bridgehead atoms. The van der Waals surface area contributed by atoms with E-state index in [4.69, 9.17) is 0 Å². The van der Waals surface area contributed by atoms with Crippen molar-refractivity contribution in [1.29, 1.82) is 0 Å². The highest BCUT2D eigenvalue weighted by Crippen LogP contribution is 2.36. The second-order valence-electron chi connectivity index (χ2n) is 7.23. The molecule has 0 radical (unpaired) electrons. The Balaban J connectivity index is 1.53. The molecule has 2 heterocycles. The highest BCUT2D eigenvalue weighted by Gasteiger charge is 2.28. The van der Waals surface area contributed by atoms with Gasteiger partial charge in [0.05, 0.1) is 11.4 Å². The van der Waals surface area contributed by atoms with E-state index in [0.29, 0.717) is 16.9 Å². The molecule has 0 atom stereocenters. The Morgan fingerprint density at radius 1 is 1.13 bits per heavy atom. The van der Waals surface area contributed by atoms with Gasteiger partial charge in [-0.15, -0.1) is 23.5 Å². The first-order chi connectivity index (χ1) is 14.5. The van der Waals surface area contributed by atoms with Crippen LogP contribution in [0.15, 0.2) is 52.3 Å². The highest BCUT2D eigenvalue weighted by molar-refractivity contribution is 8.00. The summed E-state index contributed by atoms with van der Waals surface area (Å²) >= 11 is 3.04. The van der Waals surface area contributed by atoms with Crippen molar-refractivity contribution in [2.75, 3.05) is 41.9 Å². The largest absolute Gasteiger partial charge is 0.339 e. The average Bonchev–Trinajstić information content (AvgIpc) is 3.30. The number of anilines is 2. The Labute approximate surface area is 184 Å². The maximum Gasteiger partial charge on any atom is 0.253 e. The van der Waals surface area contributed by atoms with Crippen molar-refractivity contribution in [3.8, 4) is 0 Å². The third-order valence-corrected chi connectivity index (χ3v) is 6.97. The fourth-order valence-corrected chi connectivity index (χ4v) is 5.03. The lowest BCUT2D eigenvalue weighted by Gasteiger charge is -2.29. The van der Waals surface area contributed by atoms with E-state index in [1.54, 1.807) is 17.8 Å². The fraction of sp³-hybridized carbons (Fsp3) is 0.318. The topological polar surface area (TPSA) is 69.7 Å². The molecular formula is C22H23N3O3S2. The molecule has 6 nitrogen and oxygen atoms in total. The zero-order chi connectivity index (χ0) is 21.1. The van der Waals surface area contributed by atoms with Gasteiger partial charge in [0.25, 0.3) is 5.91 Å². The summed E-state index contributed by atoms with van der Waals surface area (Å²) in [4.78, 5) is 43.3. The molecule has 2 aliphatic rings. The van der Waals surface area contributed by atoms with Crippen LogP contribution in [0.25, 0.3) is 0 Å². The second-order valence-corrected chi connectivity index (χ2v) is 9.13.